The van der Waals surface area contributed by atoms with Gasteiger partial charge in [-0.25, -0.2) is 4.79 Å². The predicted octanol–water partition coefficient (Wildman–Crippen LogP) is 2.08. The molecular formula is C23H27N5O5. The number of methoxy groups -OCH3 is 1. The van der Waals surface area contributed by atoms with Crippen LogP contribution >= 0.6 is 0 Å². The van der Waals surface area contributed by atoms with Crippen molar-refractivity contribution in [2.45, 2.75) is 26.4 Å². The van der Waals surface area contributed by atoms with E-state index in [1.54, 1.807) is 49.2 Å². The molecule has 3 aromatic heterocycles. The van der Waals surface area contributed by atoms with Crippen LogP contribution in [-0.2, 0) is 20.1 Å². The third-order valence-corrected chi connectivity index (χ3v) is 5.28. The van der Waals surface area contributed by atoms with Crippen LogP contribution in [-0.4, -0.2) is 42.5 Å². The first-order valence-corrected chi connectivity index (χ1v) is 10.5. The number of benzene rings is 1. The Morgan fingerprint density at radius 3 is 2.61 bits per heavy atom. The van der Waals surface area contributed by atoms with Gasteiger partial charge in [0.05, 0.1) is 19.3 Å². The van der Waals surface area contributed by atoms with Gasteiger partial charge in [0, 0.05) is 33.9 Å². The molecule has 0 radical (unpaired) electrons. The molecule has 10 nitrogen and oxygen atoms in total. The summed E-state index contributed by atoms with van der Waals surface area (Å²) < 4.78 is 15.3. The number of hydrogen-bond donors (Lipinski definition) is 1. The maximum atomic E-state index is 13.3. The second kappa shape index (κ2) is 9.29. The lowest BCUT2D eigenvalue weighted by molar-refractivity contribution is 0.277. The SMILES string of the molecule is COc1cccc(Oc2nc3c(c(=O)n(CCCO)c(=O)n3C)n2Cc2ccc(C)cn2)c1.[HH]. The molecule has 0 aliphatic carbocycles. The third-order valence-electron chi connectivity index (χ3n) is 5.28. The van der Waals surface area contributed by atoms with Gasteiger partial charge in [0.25, 0.3) is 5.56 Å². The zero-order chi connectivity index (χ0) is 23.5. The van der Waals surface area contributed by atoms with Crippen molar-refractivity contribution >= 4 is 11.2 Å². The first kappa shape index (κ1) is 22.3. The van der Waals surface area contributed by atoms with Crippen molar-refractivity contribution in [3.05, 3.63) is 74.7 Å². The molecule has 10 heteroatoms. The van der Waals surface area contributed by atoms with E-state index in [9.17, 15) is 14.7 Å². The Balaban J connectivity index is 0.00000324. The fourth-order valence-corrected chi connectivity index (χ4v) is 3.53. The van der Waals surface area contributed by atoms with Crippen molar-refractivity contribution in [2.24, 2.45) is 7.05 Å². The van der Waals surface area contributed by atoms with Gasteiger partial charge in [0.15, 0.2) is 11.2 Å². The van der Waals surface area contributed by atoms with Crippen LogP contribution in [0.5, 0.6) is 17.5 Å². The Morgan fingerprint density at radius 1 is 1.12 bits per heavy atom. The smallest absolute Gasteiger partial charge is 0.332 e. The quantitative estimate of drug-likeness (QED) is 0.434. The number of aromatic nitrogens is 5. The van der Waals surface area contributed by atoms with Crippen LogP contribution in [0, 0.1) is 6.92 Å². The molecule has 0 bridgehead atoms. The number of aliphatic hydroxyl groups excluding tert-OH is 1. The van der Waals surface area contributed by atoms with Gasteiger partial charge in [0.1, 0.15) is 11.5 Å². The topological polar surface area (TPSA) is 113 Å². The molecule has 3 heterocycles. The number of pyridine rings is 1. The predicted molar refractivity (Wildman–Crippen MR) is 124 cm³/mol. The number of imidazole rings is 1. The lowest BCUT2D eigenvalue weighted by Gasteiger charge is -2.11. The van der Waals surface area contributed by atoms with Gasteiger partial charge in [-0.15, -0.1) is 0 Å². The summed E-state index contributed by atoms with van der Waals surface area (Å²) in [5.41, 5.74) is 1.13. The zero-order valence-corrected chi connectivity index (χ0v) is 18.7. The van der Waals surface area contributed by atoms with Gasteiger partial charge < -0.3 is 14.6 Å². The summed E-state index contributed by atoms with van der Waals surface area (Å²) in [5.74, 6) is 1.07. The van der Waals surface area contributed by atoms with Crippen molar-refractivity contribution < 1.29 is 16.0 Å². The number of aliphatic hydroxyl groups is 1. The summed E-state index contributed by atoms with van der Waals surface area (Å²) in [4.78, 5) is 35.1. The first-order valence-electron chi connectivity index (χ1n) is 10.5. The minimum absolute atomic E-state index is 0. The molecule has 0 amide bonds. The van der Waals surface area contributed by atoms with Gasteiger partial charge in [-0.3, -0.25) is 23.5 Å². The molecule has 0 spiro atoms. The largest absolute Gasteiger partial charge is 0.497 e. The highest BCUT2D eigenvalue weighted by Crippen LogP contribution is 2.27. The molecule has 4 aromatic rings. The number of nitrogens with zero attached hydrogens (tertiary/aromatic N) is 5. The van der Waals surface area contributed by atoms with Gasteiger partial charge in [0.2, 0.25) is 0 Å². The molecule has 0 unspecified atom stereocenters. The summed E-state index contributed by atoms with van der Waals surface area (Å²) in [7, 11) is 3.11. The number of rotatable bonds is 8. The van der Waals surface area contributed by atoms with E-state index in [2.05, 4.69) is 9.97 Å². The molecule has 174 valence electrons. The normalized spacial score (nSPS) is 11.2. The van der Waals surface area contributed by atoms with E-state index in [-0.39, 0.29) is 44.7 Å². The Labute approximate surface area is 190 Å². The Hall–Kier alpha value is -3.92. The van der Waals surface area contributed by atoms with Gasteiger partial charge in [-0.05, 0) is 37.1 Å². The highest BCUT2D eigenvalue weighted by Gasteiger charge is 2.22. The zero-order valence-electron chi connectivity index (χ0n) is 18.7. The summed E-state index contributed by atoms with van der Waals surface area (Å²) >= 11 is 0. The molecule has 1 N–H and O–H groups in total. The lowest BCUT2D eigenvalue weighted by Crippen LogP contribution is -2.39. The molecule has 33 heavy (non-hydrogen) atoms. The summed E-state index contributed by atoms with van der Waals surface area (Å²) in [5, 5.41) is 9.19. The van der Waals surface area contributed by atoms with Crippen molar-refractivity contribution in [1.29, 1.82) is 0 Å². The van der Waals surface area contributed by atoms with Crippen molar-refractivity contribution in [1.82, 2.24) is 23.7 Å². The highest BCUT2D eigenvalue weighted by molar-refractivity contribution is 5.72. The van der Waals surface area contributed by atoms with E-state index in [0.29, 0.717) is 17.2 Å². The van der Waals surface area contributed by atoms with E-state index in [1.807, 2.05) is 19.1 Å². The number of ether oxygens (including phenoxy) is 2. The van der Waals surface area contributed by atoms with E-state index >= 15 is 0 Å². The standard InChI is InChI=1S/C23H25N5O5.H2/c1-15-8-9-16(24-13-15)14-28-19-20(26(2)23(31)27(21(19)30)10-5-11-29)25-22(28)33-18-7-4-6-17(12-18)32-3;/h4,6-9,12-13,29H,5,10-11,14H2,1-3H3;1H. The van der Waals surface area contributed by atoms with E-state index < -0.39 is 11.2 Å². The first-order chi connectivity index (χ1) is 15.9. The minimum Gasteiger partial charge on any atom is -0.497 e. The van der Waals surface area contributed by atoms with Crippen molar-refractivity contribution in [3.8, 4) is 17.5 Å². The second-order valence-electron chi connectivity index (χ2n) is 7.64. The summed E-state index contributed by atoms with van der Waals surface area (Å²) in [6.45, 7) is 2.11. The Morgan fingerprint density at radius 2 is 1.91 bits per heavy atom. The number of aryl methyl sites for hydroxylation is 2. The highest BCUT2D eigenvalue weighted by atomic mass is 16.5. The third kappa shape index (κ3) is 4.37. The molecule has 0 fully saturated rings. The van der Waals surface area contributed by atoms with E-state index in [0.717, 1.165) is 10.1 Å². The molecular weight excluding hydrogens is 426 g/mol. The number of fused-ring (bicyclic) bond motifs is 1. The van der Waals surface area contributed by atoms with Crippen LogP contribution in [0.15, 0.2) is 52.2 Å². The fourth-order valence-electron chi connectivity index (χ4n) is 3.53. The van der Waals surface area contributed by atoms with Crippen molar-refractivity contribution in [3.63, 3.8) is 0 Å². The molecule has 1 aromatic carbocycles. The summed E-state index contributed by atoms with van der Waals surface area (Å²) in [6, 6.07) is 11.0. The van der Waals surface area contributed by atoms with Crippen LogP contribution in [0.4, 0.5) is 0 Å². The molecule has 0 aliphatic rings. The van der Waals surface area contributed by atoms with Gasteiger partial charge >= 0.3 is 11.7 Å². The average Bonchev–Trinajstić information content (AvgIpc) is 3.17. The van der Waals surface area contributed by atoms with Crippen LogP contribution in [0.25, 0.3) is 11.2 Å². The maximum Gasteiger partial charge on any atom is 0.332 e. The second-order valence-corrected chi connectivity index (χ2v) is 7.64. The monoisotopic (exact) mass is 453 g/mol. The van der Waals surface area contributed by atoms with Crippen LogP contribution in [0.1, 0.15) is 19.1 Å². The van der Waals surface area contributed by atoms with Crippen LogP contribution in [0.2, 0.25) is 0 Å². The molecule has 0 aliphatic heterocycles. The minimum atomic E-state index is -0.507. The lowest BCUT2D eigenvalue weighted by atomic mass is 10.3. The summed E-state index contributed by atoms with van der Waals surface area (Å²) in [6.07, 6.45) is 2.02. The van der Waals surface area contributed by atoms with E-state index in [4.69, 9.17) is 9.47 Å². The van der Waals surface area contributed by atoms with Gasteiger partial charge in [-0.1, -0.05) is 12.1 Å². The van der Waals surface area contributed by atoms with Crippen LogP contribution in [0.3, 0.4) is 0 Å². The maximum absolute atomic E-state index is 13.3. The molecule has 0 saturated heterocycles. The number of hydrogen-bond acceptors (Lipinski definition) is 7. The average molecular weight is 453 g/mol. The molecule has 0 saturated carbocycles. The Kier molecular flexibility index (Phi) is 6.27. The van der Waals surface area contributed by atoms with Crippen LogP contribution < -0.4 is 20.7 Å². The Bertz CT molecular complexity index is 1410. The van der Waals surface area contributed by atoms with Crippen molar-refractivity contribution in [2.75, 3.05) is 13.7 Å². The fraction of sp³-hybridized carbons (Fsp3) is 0.304. The molecule has 0 atom stereocenters. The van der Waals surface area contributed by atoms with E-state index in [1.165, 1.54) is 4.57 Å². The molecule has 4 rings (SSSR count). The van der Waals surface area contributed by atoms with Gasteiger partial charge in [-0.2, -0.15) is 4.98 Å².